The zero-order valence-corrected chi connectivity index (χ0v) is 10.3. The van der Waals surface area contributed by atoms with Gasteiger partial charge in [-0.05, 0) is 37.8 Å². The molecule has 0 aliphatic rings. The zero-order chi connectivity index (χ0) is 10.9. The number of aromatic amines is 1. The molecule has 0 saturated carbocycles. The van der Waals surface area contributed by atoms with Gasteiger partial charge in [0.05, 0.1) is 0 Å². The van der Waals surface area contributed by atoms with Crippen molar-refractivity contribution in [3.05, 3.63) is 23.5 Å². The van der Waals surface area contributed by atoms with Gasteiger partial charge < -0.3 is 4.98 Å². The van der Waals surface area contributed by atoms with E-state index in [1.54, 1.807) is 0 Å². The molecule has 86 valence electrons. The van der Waals surface area contributed by atoms with Crippen molar-refractivity contribution in [2.45, 2.75) is 65.2 Å². The van der Waals surface area contributed by atoms with Gasteiger partial charge in [-0.2, -0.15) is 0 Å². The number of rotatable bonds is 8. The first-order chi connectivity index (χ1) is 7.36. The van der Waals surface area contributed by atoms with E-state index in [-0.39, 0.29) is 0 Å². The van der Waals surface area contributed by atoms with Crippen molar-refractivity contribution in [1.29, 1.82) is 0 Å². The van der Waals surface area contributed by atoms with E-state index in [2.05, 4.69) is 31.0 Å². The summed E-state index contributed by atoms with van der Waals surface area (Å²) >= 11 is 0. The van der Waals surface area contributed by atoms with Crippen LogP contribution >= 0.6 is 0 Å². The molecule has 1 nitrogen and oxygen atoms in total. The number of aryl methyl sites for hydroxylation is 2. The third-order valence-electron chi connectivity index (χ3n) is 2.91. The van der Waals surface area contributed by atoms with Gasteiger partial charge >= 0.3 is 0 Å². The molecular formula is C14H25N. The van der Waals surface area contributed by atoms with Crippen molar-refractivity contribution < 1.29 is 0 Å². The second kappa shape index (κ2) is 7.56. The van der Waals surface area contributed by atoms with Crippen LogP contribution in [0.2, 0.25) is 0 Å². The van der Waals surface area contributed by atoms with Crippen LogP contribution in [0.5, 0.6) is 0 Å². The SMILES string of the molecule is CCCCCc1ccc(CCCCC)[nH]1. The predicted molar refractivity (Wildman–Crippen MR) is 67.3 cm³/mol. The summed E-state index contributed by atoms with van der Waals surface area (Å²) in [4.78, 5) is 3.53. The number of aromatic nitrogens is 1. The Hall–Kier alpha value is -0.720. The number of unbranched alkanes of at least 4 members (excludes halogenated alkanes) is 4. The van der Waals surface area contributed by atoms with E-state index >= 15 is 0 Å². The largest absolute Gasteiger partial charge is 0.362 e. The van der Waals surface area contributed by atoms with Crippen molar-refractivity contribution in [2.24, 2.45) is 0 Å². The normalized spacial score (nSPS) is 10.8. The number of hydrogen-bond donors (Lipinski definition) is 1. The molecule has 1 aromatic rings. The van der Waals surface area contributed by atoms with Crippen LogP contribution in [-0.4, -0.2) is 4.98 Å². The minimum atomic E-state index is 1.22. The Morgan fingerprint density at radius 1 is 0.800 bits per heavy atom. The molecule has 0 spiro atoms. The second-order valence-corrected chi connectivity index (χ2v) is 4.42. The van der Waals surface area contributed by atoms with Gasteiger partial charge in [-0.15, -0.1) is 0 Å². The first kappa shape index (κ1) is 12.4. The summed E-state index contributed by atoms with van der Waals surface area (Å²) in [5, 5.41) is 0. The molecule has 0 unspecified atom stereocenters. The van der Waals surface area contributed by atoms with Crippen LogP contribution in [0.25, 0.3) is 0 Å². The lowest BCUT2D eigenvalue weighted by Crippen LogP contribution is -1.89. The van der Waals surface area contributed by atoms with Crippen molar-refractivity contribution in [3.63, 3.8) is 0 Å². The van der Waals surface area contributed by atoms with Crippen LogP contribution in [-0.2, 0) is 12.8 Å². The molecule has 0 radical (unpaired) electrons. The number of nitrogens with one attached hydrogen (secondary N) is 1. The predicted octanol–water partition coefficient (Wildman–Crippen LogP) is 4.48. The van der Waals surface area contributed by atoms with E-state index in [0.29, 0.717) is 0 Å². The van der Waals surface area contributed by atoms with Crippen LogP contribution in [0.1, 0.15) is 63.8 Å². The topological polar surface area (TPSA) is 15.8 Å². The Morgan fingerprint density at radius 3 is 1.67 bits per heavy atom. The summed E-state index contributed by atoms with van der Waals surface area (Å²) in [6.07, 6.45) is 10.4. The molecule has 0 saturated heterocycles. The van der Waals surface area contributed by atoms with Crippen LogP contribution in [0.4, 0.5) is 0 Å². The number of H-pyrrole nitrogens is 1. The quantitative estimate of drug-likeness (QED) is 0.605. The third-order valence-corrected chi connectivity index (χ3v) is 2.91. The molecule has 1 aromatic heterocycles. The van der Waals surface area contributed by atoms with Gasteiger partial charge in [0.25, 0.3) is 0 Å². The maximum Gasteiger partial charge on any atom is 0.0149 e. The van der Waals surface area contributed by atoms with Gasteiger partial charge in [0.1, 0.15) is 0 Å². The molecule has 0 atom stereocenters. The molecule has 1 N–H and O–H groups in total. The highest BCUT2D eigenvalue weighted by molar-refractivity contribution is 5.13. The molecule has 0 aliphatic heterocycles. The molecule has 1 rings (SSSR count). The van der Waals surface area contributed by atoms with Crippen LogP contribution in [0, 0.1) is 0 Å². The fraction of sp³-hybridized carbons (Fsp3) is 0.714. The summed E-state index contributed by atoms with van der Waals surface area (Å²) in [5.74, 6) is 0. The van der Waals surface area contributed by atoms with Gasteiger partial charge in [-0.1, -0.05) is 39.5 Å². The molecule has 0 aromatic carbocycles. The van der Waals surface area contributed by atoms with Crippen molar-refractivity contribution in [2.75, 3.05) is 0 Å². The Labute approximate surface area is 94.3 Å². The van der Waals surface area contributed by atoms with E-state index < -0.39 is 0 Å². The van der Waals surface area contributed by atoms with Crippen LogP contribution in [0.3, 0.4) is 0 Å². The highest BCUT2D eigenvalue weighted by Gasteiger charge is 1.98. The lowest BCUT2D eigenvalue weighted by molar-refractivity contribution is 0.695. The molecule has 1 heteroatoms. The Kier molecular flexibility index (Phi) is 6.22. The van der Waals surface area contributed by atoms with Crippen LogP contribution in [0.15, 0.2) is 12.1 Å². The van der Waals surface area contributed by atoms with Crippen molar-refractivity contribution in [3.8, 4) is 0 Å². The van der Waals surface area contributed by atoms with Gasteiger partial charge in [0, 0.05) is 11.4 Å². The summed E-state index contributed by atoms with van der Waals surface area (Å²) in [6, 6.07) is 4.52. The molecule has 1 heterocycles. The van der Waals surface area contributed by atoms with E-state index in [4.69, 9.17) is 0 Å². The second-order valence-electron chi connectivity index (χ2n) is 4.42. The van der Waals surface area contributed by atoms with Gasteiger partial charge in [0.15, 0.2) is 0 Å². The highest BCUT2D eigenvalue weighted by atomic mass is 14.7. The van der Waals surface area contributed by atoms with Crippen LogP contribution < -0.4 is 0 Å². The molecule has 0 aliphatic carbocycles. The number of hydrogen-bond acceptors (Lipinski definition) is 0. The highest BCUT2D eigenvalue weighted by Crippen LogP contribution is 2.10. The summed E-state index contributed by atoms with van der Waals surface area (Å²) in [7, 11) is 0. The lowest BCUT2D eigenvalue weighted by atomic mass is 10.2. The Bertz CT molecular complexity index is 225. The minimum Gasteiger partial charge on any atom is -0.362 e. The summed E-state index contributed by atoms with van der Waals surface area (Å²) in [6.45, 7) is 4.51. The Morgan fingerprint density at radius 2 is 1.27 bits per heavy atom. The zero-order valence-electron chi connectivity index (χ0n) is 10.3. The molecule has 0 bridgehead atoms. The van der Waals surface area contributed by atoms with E-state index in [1.165, 1.54) is 62.8 Å². The maximum atomic E-state index is 3.53. The molecule has 0 amide bonds. The summed E-state index contributed by atoms with van der Waals surface area (Å²) < 4.78 is 0. The van der Waals surface area contributed by atoms with E-state index in [1.807, 2.05) is 0 Å². The minimum absolute atomic E-state index is 1.22. The monoisotopic (exact) mass is 207 g/mol. The van der Waals surface area contributed by atoms with Crippen molar-refractivity contribution >= 4 is 0 Å². The molecule has 15 heavy (non-hydrogen) atoms. The summed E-state index contributed by atoms with van der Waals surface area (Å²) in [5.41, 5.74) is 2.85. The average Bonchev–Trinajstić information content (AvgIpc) is 2.67. The smallest absolute Gasteiger partial charge is 0.0149 e. The first-order valence-corrected chi connectivity index (χ1v) is 6.53. The standard InChI is InChI=1S/C14H25N/c1-3-5-7-9-13-11-12-14(15-13)10-8-6-4-2/h11-12,15H,3-10H2,1-2H3. The van der Waals surface area contributed by atoms with Gasteiger partial charge in [-0.3, -0.25) is 0 Å². The lowest BCUT2D eigenvalue weighted by Gasteiger charge is -1.98. The van der Waals surface area contributed by atoms with E-state index in [0.717, 1.165) is 0 Å². The first-order valence-electron chi connectivity index (χ1n) is 6.53. The van der Waals surface area contributed by atoms with Gasteiger partial charge in [-0.25, -0.2) is 0 Å². The Balaban J connectivity index is 2.23. The van der Waals surface area contributed by atoms with Gasteiger partial charge in [0.2, 0.25) is 0 Å². The molecular weight excluding hydrogens is 182 g/mol. The fourth-order valence-corrected chi connectivity index (χ4v) is 1.91. The van der Waals surface area contributed by atoms with E-state index in [9.17, 15) is 0 Å². The fourth-order valence-electron chi connectivity index (χ4n) is 1.91. The van der Waals surface area contributed by atoms with Crippen molar-refractivity contribution in [1.82, 2.24) is 4.98 Å². The third kappa shape index (κ3) is 5.06. The molecule has 0 fully saturated rings. The maximum absolute atomic E-state index is 3.53. The average molecular weight is 207 g/mol.